The van der Waals surface area contributed by atoms with Crippen molar-refractivity contribution in [3.8, 4) is 0 Å². The van der Waals surface area contributed by atoms with E-state index in [1.807, 2.05) is 26.8 Å². The van der Waals surface area contributed by atoms with Gasteiger partial charge in [-0.05, 0) is 59.5 Å². The summed E-state index contributed by atoms with van der Waals surface area (Å²) in [5.41, 5.74) is -0.634. The lowest BCUT2D eigenvalue weighted by Gasteiger charge is -2.44. The van der Waals surface area contributed by atoms with E-state index in [1.165, 1.54) is 24.6 Å². The van der Waals surface area contributed by atoms with Crippen molar-refractivity contribution in [1.82, 2.24) is 9.62 Å². The Hall–Kier alpha value is -0.0000000000000000971. The maximum atomic E-state index is 12.7. The second-order valence-corrected chi connectivity index (χ2v) is 12.7. The van der Waals surface area contributed by atoms with Crippen LogP contribution in [-0.2, 0) is 15.7 Å². The topological polar surface area (TPSA) is 102 Å². The maximum Gasteiger partial charge on any atom is 0.132 e. The molecule has 2 fully saturated rings. The van der Waals surface area contributed by atoms with Crippen LogP contribution >= 0.6 is 11.8 Å². The number of allylic oxidation sites excluding steroid dienone is 1. The normalized spacial score (nSPS) is 41.8. The van der Waals surface area contributed by atoms with Crippen LogP contribution in [-0.4, -0.2) is 90.0 Å². The van der Waals surface area contributed by atoms with Gasteiger partial charge in [0.25, 0.3) is 0 Å². The van der Waals surface area contributed by atoms with E-state index in [2.05, 4.69) is 15.7 Å². The third-order valence-corrected chi connectivity index (χ3v) is 8.77. The van der Waals surface area contributed by atoms with E-state index in [4.69, 9.17) is 4.74 Å². The first-order chi connectivity index (χ1) is 13.7. The number of aliphatic hydroxyl groups excluding tert-OH is 3. The molecule has 0 aromatic rings. The molecule has 9 heteroatoms. The van der Waals surface area contributed by atoms with Crippen molar-refractivity contribution in [2.45, 2.75) is 92.3 Å². The highest BCUT2D eigenvalue weighted by Crippen LogP contribution is 2.35. The number of aliphatic hydroxyl groups is 3. The third kappa shape index (κ3) is 6.04. The van der Waals surface area contributed by atoms with Gasteiger partial charge in [-0.2, -0.15) is 0 Å². The van der Waals surface area contributed by atoms with Crippen molar-refractivity contribution in [3.05, 3.63) is 12.2 Å². The smallest absolute Gasteiger partial charge is 0.132 e. The van der Waals surface area contributed by atoms with Crippen LogP contribution in [0.3, 0.4) is 0 Å². The summed E-state index contributed by atoms with van der Waals surface area (Å²) in [6.07, 6.45) is 3.53. The van der Waals surface area contributed by atoms with Gasteiger partial charge in [0, 0.05) is 11.8 Å². The molecule has 0 radical (unpaired) electrons. The Labute approximate surface area is 180 Å². The summed E-state index contributed by atoms with van der Waals surface area (Å²) in [6.45, 7) is 8.76. The molecule has 168 valence electrons. The van der Waals surface area contributed by atoms with Crippen LogP contribution < -0.4 is 4.72 Å². The van der Waals surface area contributed by atoms with Crippen molar-refractivity contribution in [3.63, 3.8) is 0 Å². The summed E-state index contributed by atoms with van der Waals surface area (Å²) in [6, 6.07) is -0.429. The van der Waals surface area contributed by atoms with E-state index >= 15 is 0 Å². The van der Waals surface area contributed by atoms with E-state index in [-0.39, 0.29) is 5.25 Å². The molecule has 3 aliphatic heterocycles. The van der Waals surface area contributed by atoms with Gasteiger partial charge in [-0.1, -0.05) is 12.2 Å². The predicted octanol–water partition coefficient (Wildman–Crippen LogP) is 0.762. The molecule has 0 aromatic heterocycles. The molecule has 2 saturated heterocycles. The number of thioether (sulfide) groups is 1. The molecule has 0 saturated carbocycles. The molecule has 3 rings (SSSR count). The molecule has 4 N–H and O–H groups in total. The molecular weight excluding hydrogens is 412 g/mol. The maximum absolute atomic E-state index is 12.7. The lowest BCUT2D eigenvalue weighted by molar-refractivity contribution is -0.203. The highest BCUT2D eigenvalue weighted by Gasteiger charge is 2.48. The Bertz CT molecular complexity index is 594. The minimum absolute atomic E-state index is 0.236. The number of fused-ring (bicyclic) bond motifs is 2. The van der Waals surface area contributed by atoms with Gasteiger partial charge in [-0.25, -0.2) is 8.93 Å². The van der Waals surface area contributed by atoms with E-state index in [9.17, 15) is 19.5 Å². The number of hydrogen-bond acceptors (Lipinski definition) is 7. The standard InChI is InChI=1S/C20H36N2O5S2/c1-20(2,3)29(26)21-14-9-5-4-8-13(12-22-10-6-7-11-22)28-19-17(25)15(23)16(24)18(14)27-19/h4-5,13-19,21,23-25H,6-12H2,1-3H3/b5-4-/t13-,14+,15?,16?,17?,18?,19?,29+/m0/s1. The van der Waals surface area contributed by atoms with Gasteiger partial charge in [0.1, 0.15) is 29.9 Å². The molecule has 3 heterocycles. The predicted molar refractivity (Wildman–Crippen MR) is 117 cm³/mol. The van der Waals surface area contributed by atoms with Gasteiger partial charge in [-0.15, -0.1) is 11.8 Å². The Morgan fingerprint density at radius 3 is 2.41 bits per heavy atom. The fraction of sp³-hybridized carbons (Fsp3) is 0.900. The number of hydrogen-bond donors (Lipinski definition) is 4. The van der Waals surface area contributed by atoms with Crippen LogP contribution in [0.5, 0.6) is 0 Å². The Kier molecular flexibility index (Phi) is 8.22. The highest BCUT2D eigenvalue weighted by atomic mass is 32.2. The van der Waals surface area contributed by atoms with Crippen LogP contribution in [0.25, 0.3) is 0 Å². The minimum atomic E-state index is -1.35. The van der Waals surface area contributed by atoms with Crippen molar-refractivity contribution in [1.29, 1.82) is 0 Å². The zero-order valence-electron chi connectivity index (χ0n) is 17.6. The van der Waals surface area contributed by atoms with E-state index < -0.39 is 51.6 Å². The van der Waals surface area contributed by atoms with Crippen LogP contribution in [0, 0.1) is 0 Å². The molecule has 0 spiro atoms. The van der Waals surface area contributed by atoms with Gasteiger partial charge in [0.2, 0.25) is 0 Å². The first-order valence-corrected chi connectivity index (χ1v) is 12.7. The minimum Gasteiger partial charge on any atom is -0.388 e. The summed E-state index contributed by atoms with van der Waals surface area (Å²) in [5, 5.41) is 31.9. The Balaban J connectivity index is 1.78. The average molecular weight is 449 g/mol. The van der Waals surface area contributed by atoms with Crippen molar-refractivity contribution in [2.24, 2.45) is 0 Å². The number of likely N-dealkylation sites (tertiary alicyclic amines) is 1. The fourth-order valence-electron chi connectivity index (χ4n) is 3.99. The quantitative estimate of drug-likeness (QED) is 0.471. The summed E-state index contributed by atoms with van der Waals surface area (Å²) in [5.74, 6) is 0. The Morgan fingerprint density at radius 1 is 1.10 bits per heavy atom. The van der Waals surface area contributed by atoms with Gasteiger partial charge in [-0.3, -0.25) is 0 Å². The van der Waals surface area contributed by atoms with Gasteiger partial charge in [0.05, 0.1) is 21.8 Å². The first kappa shape index (κ1) is 23.7. The van der Waals surface area contributed by atoms with E-state index in [0.29, 0.717) is 6.42 Å². The molecule has 0 aromatic carbocycles. The van der Waals surface area contributed by atoms with Crippen molar-refractivity contribution in [2.75, 3.05) is 19.6 Å². The van der Waals surface area contributed by atoms with Crippen LogP contribution in [0.2, 0.25) is 0 Å². The van der Waals surface area contributed by atoms with E-state index in [1.54, 1.807) is 0 Å². The second-order valence-electron chi connectivity index (χ2n) is 9.25. The van der Waals surface area contributed by atoms with Gasteiger partial charge >= 0.3 is 0 Å². The van der Waals surface area contributed by atoms with Crippen molar-refractivity contribution < 1.29 is 24.3 Å². The number of rotatable bonds is 4. The first-order valence-electron chi connectivity index (χ1n) is 10.6. The summed E-state index contributed by atoms with van der Waals surface area (Å²) in [4.78, 5) is 2.44. The van der Waals surface area contributed by atoms with Gasteiger partial charge < -0.3 is 25.0 Å². The molecule has 3 aliphatic rings. The second kappa shape index (κ2) is 10.1. The monoisotopic (exact) mass is 448 g/mol. The molecule has 7 nitrogen and oxygen atoms in total. The molecule has 0 aliphatic carbocycles. The average Bonchev–Trinajstić information content (AvgIpc) is 3.16. The number of nitrogens with zero attached hydrogens (tertiary/aromatic N) is 1. The van der Waals surface area contributed by atoms with Gasteiger partial charge in [0.15, 0.2) is 0 Å². The molecule has 2 bridgehead atoms. The summed E-state index contributed by atoms with van der Waals surface area (Å²) >= 11 is 1.53. The SMILES string of the molecule is CC(C)(C)[S@@](=O)N[C@@H]1C/C=C\C[C@@H](CN2CCCC2)SC2OC1C(O)C(O)C2O. The molecule has 0 amide bonds. The zero-order valence-corrected chi connectivity index (χ0v) is 19.2. The Morgan fingerprint density at radius 2 is 1.76 bits per heavy atom. The zero-order chi connectivity index (χ0) is 21.2. The van der Waals surface area contributed by atoms with Crippen LogP contribution in [0.4, 0.5) is 0 Å². The summed E-state index contributed by atoms with van der Waals surface area (Å²) in [7, 11) is -1.35. The lowest BCUT2D eigenvalue weighted by atomic mass is 9.93. The fourth-order valence-corrected chi connectivity index (χ4v) is 6.26. The third-order valence-electron chi connectivity index (χ3n) is 5.76. The molecule has 29 heavy (non-hydrogen) atoms. The lowest BCUT2D eigenvalue weighted by Crippen LogP contribution is -2.63. The van der Waals surface area contributed by atoms with Crippen LogP contribution in [0.1, 0.15) is 46.5 Å². The van der Waals surface area contributed by atoms with Crippen LogP contribution in [0.15, 0.2) is 12.2 Å². The number of ether oxygens (including phenoxy) is 1. The molecule has 8 atom stereocenters. The van der Waals surface area contributed by atoms with E-state index in [0.717, 1.165) is 26.1 Å². The number of nitrogens with one attached hydrogen (secondary N) is 1. The molecule has 5 unspecified atom stereocenters. The summed E-state index contributed by atoms with van der Waals surface area (Å²) < 4.78 is 21.4. The molecular formula is C20H36N2O5S2. The largest absolute Gasteiger partial charge is 0.388 e. The highest BCUT2D eigenvalue weighted by molar-refractivity contribution is 8.00. The van der Waals surface area contributed by atoms with Crippen molar-refractivity contribution >= 4 is 22.7 Å².